The molecule has 0 bridgehead atoms. The summed E-state index contributed by atoms with van der Waals surface area (Å²) in [7, 11) is -5.34. The Bertz CT molecular complexity index is 903. The molecule has 0 spiro atoms. The van der Waals surface area contributed by atoms with E-state index in [2.05, 4.69) is 5.32 Å². The Balaban J connectivity index is 1.94. The Hall–Kier alpha value is -2.35. The zero-order valence-corrected chi connectivity index (χ0v) is 13.0. The van der Waals surface area contributed by atoms with E-state index >= 15 is 0 Å². The van der Waals surface area contributed by atoms with Crippen LogP contribution < -0.4 is 5.32 Å². The molecule has 0 unspecified atom stereocenters. The average Bonchev–Trinajstić information content (AvgIpc) is 2.53. The van der Waals surface area contributed by atoms with Gasteiger partial charge in [0.05, 0.1) is 4.90 Å². The van der Waals surface area contributed by atoms with Crippen molar-refractivity contribution in [3.63, 3.8) is 0 Å². The maximum Gasteiger partial charge on any atom is 0.501 e. The fraction of sp³-hybridized carbons (Fsp3) is 0.188. The first-order valence-corrected chi connectivity index (χ1v) is 8.51. The standard InChI is InChI=1S/C16H12F3NO3S/c17-16(18,19)24(22,23)13-5-1-10(2-6-13)11-3-7-14-12(9-11)4-8-15(21)20-14/h1-3,5-7,9H,4,8H2,(H,20,21). The molecule has 1 amide bonds. The molecule has 1 N–H and O–H groups in total. The molecular formula is C16H12F3NO3S. The highest BCUT2D eigenvalue weighted by molar-refractivity contribution is 7.92. The van der Waals surface area contributed by atoms with Gasteiger partial charge in [-0.1, -0.05) is 18.2 Å². The van der Waals surface area contributed by atoms with Crippen LogP contribution in [0.3, 0.4) is 0 Å². The third kappa shape index (κ3) is 2.89. The van der Waals surface area contributed by atoms with Crippen molar-refractivity contribution in [3.05, 3.63) is 48.0 Å². The summed E-state index contributed by atoms with van der Waals surface area (Å²) in [4.78, 5) is 10.5. The molecule has 1 heterocycles. The zero-order chi connectivity index (χ0) is 17.5. The van der Waals surface area contributed by atoms with Crippen molar-refractivity contribution in [1.82, 2.24) is 0 Å². The second kappa shape index (κ2) is 5.62. The van der Waals surface area contributed by atoms with Crippen LogP contribution in [0.5, 0.6) is 0 Å². The van der Waals surface area contributed by atoms with Gasteiger partial charge in [0.1, 0.15) is 0 Å². The number of nitrogens with one attached hydrogen (secondary N) is 1. The first kappa shape index (κ1) is 16.5. The normalized spacial score (nSPS) is 14.9. The minimum atomic E-state index is -5.34. The van der Waals surface area contributed by atoms with Crippen molar-refractivity contribution >= 4 is 21.4 Å². The molecule has 0 radical (unpaired) electrons. The van der Waals surface area contributed by atoms with Crippen molar-refractivity contribution in [2.75, 3.05) is 5.32 Å². The summed E-state index contributed by atoms with van der Waals surface area (Å²) in [6.07, 6.45) is 0.953. The molecule has 1 aliphatic heterocycles. The number of carbonyl (C=O) groups excluding carboxylic acids is 1. The highest BCUT2D eigenvalue weighted by Gasteiger charge is 2.46. The zero-order valence-electron chi connectivity index (χ0n) is 12.2. The maximum atomic E-state index is 12.5. The molecule has 0 aromatic heterocycles. The topological polar surface area (TPSA) is 63.2 Å². The summed E-state index contributed by atoms with van der Waals surface area (Å²) in [5, 5.41) is 2.74. The van der Waals surface area contributed by atoms with E-state index in [1.807, 2.05) is 6.07 Å². The predicted octanol–water partition coefficient (Wildman–Crippen LogP) is 3.53. The summed E-state index contributed by atoms with van der Waals surface area (Å²) < 4.78 is 60.3. The van der Waals surface area contributed by atoms with E-state index in [1.165, 1.54) is 12.1 Å². The van der Waals surface area contributed by atoms with Gasteiger partial charge in [-0.15, -0.1) is 0 Å². The van der Waals surface area contributed by atoms with Gasteiger partial charge >= 0.3 is 5.51 Å². The summed E-state index contributed by atoms with van der Waals surface area (Å²) >= 11 is 0. The number of halogens is 3. The van der Waals surface area contributed by atoms with Crippen molar-refractivity contribution in [1.29, 1.82) is 0 Å². The Morgan fingerprint density at radius 3 is 2.17 bits per heavy atom. The van der Waals surface area contributed by atoms with Crippen LogP contribution in [0.1, 0.15) is 12.0 Å². The number of rotatable bonds is 2. The lowest BCUT2D eigenvalue weighted by Crippen LogP contribution is -2.23. The predicted molar refractivity (Wildman–Crippen MR) is 82.1 cm³/mol. The number of carbonyl (C=O) groups is 1. The highest BCUT2D eigenvalue weighted by atomic mass is 32.2. The maximum absolute atomic E-state index is 12.5. The van der Waals surface area contributed by atoms with E-state index in [4.69, 9.17) is 0 Å². The lowest BCUT2D eigenvalue weighted by molar-refractivity contribution is -0.116. The Morgan fingerprint density at radius 1 is 0.917 bits per heavy atom. The molecule has 0 aliphatic carbocycles. The van der Waals surface area contributed by atoms with Crippen molar-refractivity contribution in [3.8, 4) is 11.1 Å². The van der Waals surface area contributed by atoms with E-state index in [0.29, 0.717) is 24.1 Å². The fourth-order valence-corrected chi connectivity index (χ4v) is 3.28. The fourth-order valence-electron chi connectivity index (χ4n) is 2.52. The van der Waals surface area contributed by atoms with Crippen LogP contribution in [0, 0.1) is 0 Å². The molecule has 0 saturated carbocycles. The van der Waals surface area contributed by atoms with Crippen LogP contribution in [-0.2, 0) is 21.1 Å². The van der Waals surface area contributed by atoms with Gasteiger partial charge in [0.15, 0.2) is 0 Å². The van der Waals surface area contributed by atoms with Crippen molar-refractivity contribution in [2.24, 2.45) is 0 Å². The molecule has 3 rings (SSSR count). The number of sulfone groups is 1. The lowest BCUT2D eigenvalue weighted by atomic mass is 9.97. The Labute approximate surface area is 136 Å². The molecule has 8 heteroatoms. The van der Waals surface area contributed by atoms with Crippen LogP contribution in [0.25, 0.3) is 11.1 Å². The number of anilines is 1. The van der Waals surface area contributed by atoms with Gasteiger partial charge in [0.2, 0.25) is 5.91 Å². The molecule has 0 saturated heterocycles. The van der Waals surface area contributed by atoms with Gasteiger partial charge in [-0.3, -0.25) is 4.79 Å². The minimum absolute atomic E-state index is 0.0584. The van der Waals surface area contributed by atoms with Gasteiger partial charge in [-0.2, -0.15) is 13.2 Å². The lowest BCUT2D eigenvalue weighted by Gasteiger charge is -2.17. The minimum Gasteiger partial charge on any atom is -0.326 e. The third-order valence-corrected chi connectivity index (χ3v) is 5.31. The summed E-state index contributed by atoms with van der Waals surface area (Å²) in [6.45, 7) is 0. The molecular weight excluding hydrogens is 343 g/mol. The second-order valence-corrected chi connectivity index (χ2v) is 7.33. The van der Waals surface area contributed by atoms with Crippen LogP contribution in [0.4, 0.5) is 18.9 Å². The van der Waals surface area contributed by atoms with E-state index < -0.39 is 20.2 Å². The van der Waals surface area contributed by atoms with Gasteiger partial charge < -0.3 is 5.32 Å². The number of aryl methyl sites for hydroxylation is 1. The van der Waals surface area contributed by atoms with Crippen molar-refractivity contribution in [2.45, 2.75) is 23.2 Å². The Kier molecular flexibility index (Phi) is 3.87. The number of amides is 1. The first-order valence-electron chi connectivity index (χ1n) is 7.03. The van der Waals surface area contributed by atoms with Crippen LogP contribution in [-0.4, -0.2) is 19.8 Å². The summed E-state index contributed by atoms with van der Waals surface area (Å²) in [6, 6.07) is 9.84. The molecule has 0 fully saturated rings. The number of hydrogen-bond acceptors (Lipinski definition) is 3. The molecule has 2 aromatic carbocycles. The molecule has 24 heavy (non-hydrogen) atoms. The van der Waals surface area contributed by atoms with E-state index in [-0.39, 0.29) is 5.91 Å². The Morgan fingerprint density at radius 2 is 1.54 bits per heavy atom. The van der Waals surface area contributed by atoms with E-state index in [9.17, 15) is 26.4 Å². The van der Waals surface area contributed by atoms with Crippen LogP contribution in [0.15, 0.2) is 47.4 Å². The molecule has 2 aromatic rings. The largest absolute Gasteiger partial charge is 0.501 e. The molecule has 4 nitrogen and oxygen atoms in total. The molecule has 1 aliphatic rings. The van der Waals surface area contributed by atoms with Gasteiger partial charge in [0.25, 0.3) is 9.84 Å². The van der Waals surface area contributed by atoms with Crippen LogP contribution >= 0.6 is 0 Å². The average molecular weight is 355 g/mol. The number of hydrogen-bond donors (Lipinski definition) is 1. The monoisotopic (exact) mass is 355 g/mol. The van der Waals surface area contributed by atoms with E-state index in [0.717, 1.165) is 23.3 Å². The second-order valence-electron chi connectivity index (χ2n) is 5.39. The van der Waals surface area contributed by atoms with Gasteiger partial charge in [-0.05, 0) is 47.4 Å². The van der Waals surface area contributed by atoms with Crippen LogP contribution in [0.2, 0.25) is 0 Å². The number of fused-ring (bicyclic) bond motifs is 1. The first-order chi connectivity index (χ1) is 11.2. The van der Waals surface area contributed by atoms with E-state index in [1.54, 1.807) is 12.1 Å². The smallest absolute Gasteiger partial charge is 0.326 e. The summed E-state index contributed by atoms with van der Waals surface area (Å²) in [5.41, 5.74) is -2.35. The van der Waals surface area contributed by atoms with Gasteiger partial charge in [-0.25, -0.2) is 8.42 Å². The molecule has 0 atom stereocenters. The van der Waals surface area contributed by atoms with Crippen molar-refractivity contribution < 1.29 is 26.4 Å². The third-order valence-electron chi connectivity index (χ3n) is 3.80. The number of benzene rings is 2. The summed E-state index contributed by atoms with van der Waals surface area (Å²) in [5.74, 6) is -0.0584. The quantitative estimate of drug-likeness (QED) is 0.896. The SMILES string of the molecule is O=C1CCc2cc(-c3ccc(S(=O)(=O)C(F)(F)F)cc3)ccc2N1. The van der Waals surface area contributed by atoms with Gasteiger partial charge in [0, 0.05) is 12.1 Å². The molecule has 126 valence electrons. The highest BCUT2D eigenvalue weighted by Crippen LogP contribution is 2.33. The number of alkyl halides is 3.